The largest absolute Gasteiger partial charge is 0.497 e. The molecule has 1 aromatic heterocycles. The Bertz CT molecular complexity index is 1120. The molecule has 3 rings (SSSR count). The van der Waals surface area contributed by atoms with E-state index in [-0.39, 0.29) is 18.9 Å². The van der Waals surface area contributed by atoms with E-state index in [9.17, 15) is 9.59 Å². The van der Waals surface area contributed by atoms with Crippen LogP contribution in [-0.4, -0.2) is 31.1 Å². The summed E-state index contributed by atoms with van der Waals surface area (Å²) in [6, 6.07) is 12.9. The van der Waals surface area contributed by atoms with Crippen LogP contribution in [0.15, 0.2) is 53.9 Å². The third kappa shape index (κ3) is 6.42. The Morgan fingerprint density at radius 3 is 2.69 bits per heavy atom. The van der Waals surface area contributed by atoms with Crippen molar-refractivity contribution in [2.75, 3.05) is 19.5 Å². The van der Waals surface area contributed by atoms with Crippen LogP contribution in [0.4, 0.5) is 5.69 Å². The van der Waals surface area contributed by atoms with Gasteiger partial charge in [-0.3, -0.25) is 4.79 Å². The fourth-order valence-electron chi connectivity index (χ4n) is 2.85. The normalized spacial score (nSPS) is 10.7. The van der Waals surface area contributed by atoms with E-state index < -0.39 is 5.97 Å². The van der Waals surface area contributed by atoms with E-state index in [0.29, 0.717) is 22.2 Å². The standard InChI is InChI=1S/C24H24N2O5S/c1-16-6-4-5-7-20(16)26-22(27)13-23-25-18(15-32-23)14-31-24(28)11-9-17-8-10-19(29-2)12-21(17)30-3/h4-12,15H,13-14H2,1-3H3,(H,26,27)/b11-9+. The van der Waals surface area contributed by atoms with E-state index in [0.717, 1.165) is 16.8 Å². The van der Waals surface area contributed by atoms with E-state index in [4.69, 9.17) is 14.2 Å². The first-order chi connectivity index (χ1) is 15.5. The first-order valence-corrected chi connectivity index (χ1v) is 10.7. The molecule has 0 fully saturated rings. The molecule has 1 amide bonds. The Hall–Kier alpha value is -3.65. The Morgan fingerprint density at radius 1 is 1.12 bits per heavy atom. The predicted octanol–water partition coefficient (Wildman–Crippen LogP) is 4.41. The van der Waals surface area contributed by atoms with Crippen molar-refractivity contribution in [3.8, 4) is 11.5 Å². The van der Waals surface area contributed by atoms with Crippen molar-refractivity contribution >= 4 is 35.0 Å². The van der Waals surface area contributed by atoms with Crippen LogP contribution in [0.1, 0.15) is 21.8 Å². The molecular formula is C24H24N2O5S. The second-order valence-corrected chi connectivity index (χ2v) is 7.76. The van der Waals surface area contributed by atoms with Gasteiger partial charge in [0.25, 0.3) is 0 Å². The lowest BCUT2D eigenvalue weighted by Crippen LogP contribution is -2.15. The monoisotopic (exact) mass is 452 g/mol. The van der Waals surface area contributed by atoms with Crippen LogP contribution in [0, 0.1) is 6.92 Å². The molecule has 3 aromatic rings. The van der Waals surface area contributed by atoms with Crippen molar-refractivity contribution in [1.29, 1.82) is 0 Å². The quantitative estimate of drug-likeness (QED) is 0.382. The number of nitrogens with zero attached hydrogens (tertiary/aromatic N) is 1. The Balaban J connectivity index is 1.50. The van der Waals surface area contributed by atoms with Crippen LogP contribution in [-0.2, 0) is 27.4 Å². The number of esters is 1. The van der Waals surface area contributed by atoms with Crippen LogP contribution >= 0.6 is 11.3 Å². The minimum atomic E-state index is -0.505. The van der Waals surface area contributed by atoms with E-state index in [1.54, 1.807) is 43.9 Å². The van der Waals surface area contributed by atoms with Crippen LogP contribution in [0.5, 0.6) is 11.5 Å². The van der Waals surface area contributed by atoms with Gasteiger partial charge in [0, 0.05) is 28.8 Å². The zero-order valence-corrected chi connectivity index (χ0v) is 18.9. The van der Waals surface area contributed by atoms with Crippen molar-refractivity contribution in [2.45, 2.75) is 20.0 Å². The zero-order chi connectivity index (χ0) is 22.9. The number of amides is 1. The fourth-order valence-corrected chi connectivity index (χ4v) is 3.63. The first kappa shape index (κ1) is 23.0. The smallest absolute Gasteiger partial charge is 0.331 e. The van der Waals surface area contributed by atoms with Gasteiger partial charge in [0.05, 0.1) is 26.3 Å². The number of methoxy groups -OCH3 is 2. The summed E-state index contributed by atoms with van der Waals surface area (Å²) in [5.41, 5.74) is 3.09. The summed E-state index contributed by atoms with van der Waals surface area (Å²) in [5, 5.41) is 5.31. The summed E-state index contributed by atoms with van der Waals surface area (Å²) in [5.74, 6) is 0.596. The van der Waals surface area contributed by atoms with Crippen LogP contribution in [0.2, 0.25) is 0 Å². The van der Waals surface area contributed by atoms with Crippen LogP contribution < -0.4 is 14.8 Å². The van der Waals surface area contributed by atoms with Crippen molar-refractivity contribution in [1.82, 2.24) is 4.98 Å². The minimum absolute atomic E-state index is 0.0266. The molecule has 32 heavy (non-hydrogen) atoms. The highest BCUT2D eigenvalue weighted by molar-refractivity contribution is 7.09. The highest BCUT2D eigenvalue weighted by atomic mass is 32.1. The molecule has 1 heterocycles. The Morgan fingerprint density at radius 2 is 1.94 bits per heavy atom. The average Bonchev–Trinajstić information content (AvgIpc) is 3.24. The molecule has 0 spiro atoms. The van der Waals surface area contributed by atoms with Gasteiger partial charge in [0.2, 0.25) is 5.91 Å². The number of anilines is 1. The minimum Gasteiger partial charge on any atom is -0.497 e. The van der Waals surface area contributed by atoms with Gasteiger partial charge in [0.15, 0.2) is 0 Å². The second-order valence-electron chi connectivity index (χ2n) is 6.82. The second kappa shape index (κ2) is 11.1. The summed E-state index contributed by atoms with van der Waals surface area (Å²) in [6.07, 6.45) is 3.10. The fraction of sp³-hybridized carbons (Fsp3) is 0.208. The maximum atomic E-state index is 12.3. The number of carbonyl (C=O) groups excluding carboxylic acids is 2. The number of benzene rings is 2. The molecule has 0 saturated heterocycles. The average molecular weight is 453 g/mol. The number of rotatable bonds is 9. The maximum absolute atomic E-state index is 12.3. The molecule has 0 aliphatic heterocycles. The summed E-state index contributed by atoms with van der Waals surface area (Å²) in [6.45, 7) is 1.96. The van der Waals surface area contributed by atoms with Gasteiger partial charge in [-0.25, -0.2) is 9.78 Å². The number of thiazole rings is 1. The Kier molecular flexibility index (Phi) is 7.99. The van der Waals surface area contributed by atoms with E-state index in [1.165, 1.54) is 17.4 Å². The number of aromatic nitrogens is 1. The van der Waals surface area contributed by atoms with Gasteiger partial charge in [-0.1, -0.05) is 18.2 Å². The molecule has 0 atom stereocenters. The number of nitrogens with one attached hydrogen (secondary N) is 1. The number of para-hydroxylation sites is 1. The van der Waals surface area contributed by atoms with Gasteiger partial charge in [-0.2, -0.15) is 0 Å². The molecule has 0 saturated carbocycles. The first-order valence-electron chi connectivity index (χ1n) is 9.84. The molecular weight excluding hydrogens is 428 g/mol. The van der Waals surface area contributed by atoms with Gasteiger partial charge in [0.1, 0.15) is 23.1 Å². The third-order valence-electron chi connectivity index (χ3n) is 4.53. The topological polar surface area (TPSA) is 86.8 Å². The maximum Gasteiger partial charge on any atom is 0.331 e. The molecule has 2 aromatic carbocycles. The van der Waals surface area contributed by atoms with Gasteiger partial charge < -0.3 is 19.5 Å². The summed E-state index contributed by atoms with van der Waals surface area (Å²) in [7, 11) is 3.12. The molecule has 0 aliphatic carbocycles. The molecule has 1 N–H and O–H groups in total. The van der Waals surface area contributed by atoms with Crippen molar-refractivity contribution in [3.05, 3.63) is 75.7 Å². The number of carbonyl (C=O) groups is 2. The van der Waals surface area contributed by atoms with Crippen molar-refractivity contribution in [2.24, 2.45) is 0 Å². The van der Waals surface area contributed by atoms with Crippen molar-refractivity contribution in [3.63, 3.8) is 0 Å². The highest BCUT2D eigenvalue weighted by Crippen LogP contribution is 2.25. The molecule has 7 nitrogen and oxygen atoms in total. The number of hydrogen-bond donors (Lipinski definition) is 1. The molecule has 0 bridgehead atoms. The van der Waals surface area contributed by atoms with E-state index in [1.807, 2.05) is 31.2 Å². The summed E-state index contributed by atoms with van der Waals surface area (Å²) < 4.78 is 15.7. The SMILES string of the molecule is COc1ccc(/C=C/C(=O)OCc2csc(CC(=O)Nc3ccccc3C)n2)c(OC)c1. The predicted molar refractivity (Wildman–Crippen MR) is 124 cm³/mol. The lowest BCUT2D eigenvalue weighted by atomic mass is 10.2. The highest BCUT2D eigenvalue weighted by Gasteiger charge is 2.11. The van der Waals surface area contributed by atoms with Gasteiger partial charge in [-0.05, 0) is 36.8 Å². The molecule has 8 heteroatoms. The lowest BCUT2D eigenvalue weighted by Gasteiger charge is -2.07. The van der Waals surface area contributed by atoms with Gasteiger partial charge >= 0.3 is 5.97 Å². The molecule has 0 radical (unpaired) electrons. The third-order valence-corrected chi connectivity index (χ3v) is 5.43. The molecule has 0 unspecified atom stereocenters. The van der Waals surface area contributed by atoms with Gasteiger partial charge in [-0.15, -0.1) is 11.3 Å². The van der Waals surface area contributed by atoms with Crippen LogP contribution in [0.3, 0.4) is 0 Å². The summed E-state index contributed by atoms with van der Waals surface area (Å²) >= 11 is 1.35. The van der Waals surface area contributed by atoms with E-state index >= 15 is 0 Å². The summed E-state index contributed by atoms with van der Waals surface area (Å²) in [4.78, 5) is 28.7. The Labute approximate surface area is 190 Å². The molecule has 0 aliphatic rings. The number of aryl methyl sites for hydroxylation is 1. The van der Waals surface area contributed by atoms with Crippen LogP contribution in [0.25, 0.3) is 6.08 Å². The number of hydrogen-bond acceptors (Lipinski definition) is 7. The van der Waals surface area contributed by atoms with E-state index in [2.05, 4.69) is 10.3 Å². The molecule has 166 valence electrons. The zero-order valence-electron chi connectivity index (χ0n) is 18.1. The lowest BCUT2D eigenvalue weighted by molar-refractivity contribution is -0.139. The van der Waals surface area contributed by atoms with Crippen molar-refractivity contribution < 1.29 is 23.8 Å². The number of ether oxygens (including phenoxy) is 3.